The van der Waals surface area contributed by atoms with Gasteiger partial charge in [-0.1, -0.05) is 6.07 Å². The van der Waals surface area contributed by atoms with E-state index in [9.17, 15) is 4.79 Å². The van der Waals surface area contributed by atoms with E-state index < -0.39 is 0 Å². The van der Waals surface area contributed by atoms with Crippen molar-refractivity contribution >= 4 is 23.6 Å². The second-order valence-electron chi connectivity index (χ2n) is 6.42. The first kappa shape index (κ1) is 14.5. The molecule has 0 aliphatic carbocycles. The number of ether oxygens (including phenoxy) is 2. The van der Waals surface area contributed by atoms with E-state index in [-0.39, 0.29) is 11.9 Å². The molecular weight excluding hydrogens is 292 g/mol. The molecule has 0 aromatic heterocycles. The first-order chi connectivity index (χ1) is 11.3. The zero-order chi connectivity index (χ0) is 15.8. The minimum absolute atomic E-state index is 0.198. The van der Waals surface area contributed by atoms with Gasteiger partial charge in [0.15, 0.2) is 5.75 Å². The molecule has 1 aromatic rings. The number of hydrogen-bond donors (Lipinski definition) is 0. The topological polar surface area (TPSA) is 51.1 Å². The highest BCUT2D eigenvalue weighted by molar-refractivity contribution is 5.94. The van der Waals surface area contributed by atoms with Gasteiger partial charge in [0.25, 0.3) is 0 Å². The number of aliphatic imine (C=N–C) groups is 1. The Hall–Kier alpha value is -2.04. The SMILES string of the molecule is CCOC(=O)C1C=Nc2c(ccc3c2OCC2CCCCN32)C1. The Morgan fingerprint density at radius 1 is 1.43 bits per heavy atom. The molecule has 3 heterocycles. The van der Waals surface area contributed by atoms with Gasteiger partial charge in [-0.15, -0.1) is 0 Å². The lowest BCUT2D eigenvalue weighted by atomic mass is 9.93. The van der Waals surface area contributed by atoms with Crippen LogP contribution in [-0.2, 0) is 16.0 Å². The second-order valence-corrected chi connectivity index (χ2v) is 6.42. The molecule has 3 aliphatic rings. The van der Waals surface area contributed by atoms with Crippen LogP contribution >= 0.6 is 0 Å². The van der Waals surface area contributed by atoms with Gasteiger partial charge in [0.1, 0.15) is 12.3 Å². The fourth-order valence-corrected chi connectivity index (χ4v) is 3.79. The zero-order valence-electron chi connectivity index (χ0n) is 13.5. The van der Waals surface area contributed by atoms with Crippen molar-refractivity contribution in [3.05, 3.63) is 17.7 Å². The van der Waals surface area contributed by atoms with Gasteiger partial charge in [-0.3, -0.25) is 9.79 Å². The van der Waals surface area contributed by atoms with Crippen LogP contribution in [0.4, 0.5) is 11.4 Å². The summed E-state index contributed by atoms with van der Waals surface area (Å²) in [5.74, 6) is 0.405. The van der Waals surface area contributed by atoms with Crippen molar-refractivity contribution in [3.8, 4) is 5.75 Å². The molecular formula is C18H22N2O3. The molecule has 0 saturated carbocycles. The number of hydrogen-bond acceptors (Lipinski definition) is 5. The molecule has 0 amide bonds. The first-order valence-corrected chi connectivity index (χ1v) is 8.54. The van der Waals surface area contributed by atoms with E-state index in [4.69, 9.17) is 9.47 Å². The van der Waals surface area contributed by atoms with Crippen LogP contribution in [0.15, 0.2) is 17.1 Å². The highest BCUT2D eigenvalue weighted by atomic mass is 16.5. The summed E-state index contributed by atoms with van der Waals surface area (Å²) in [4.78, 5) is 19.0. The number of benzene rings is 1. The average Bonchev–Trinajstić information content (AvgIpc) is 2.60. The van der Waals surface area contributed by atoms with Crippen LogP contribution < -0.4 is 9.64 Å². The molecule has 0 N–H and O–H groups in total. The van der Waals surface area contributed by atoms with Crippen LogP contribution in [0, 0.1) is 5.92 Å². The summed E-state index contributed by atoms with van der Waals surface area (Å²) in [5.41, 5.74) is 3.12. The van der Waals surface area contributed by atoms with E-state index >= 15 is 0 Å². The van der Waals surface area contributed by atoms with Gasteiger partial charge < -0.3 is 14.4 Å². The van der Waals surface area contributed by atoms with Crippen molar-refractivity contribution in [2.75, 3.05) is 24.7 Å². The summed E-state index contributed by atoms with van der Waals surface area (Å²) in [6.07, 6.45) is 6.07. The molecule has 0 radical (unpaired) electrons. The number of fused-ring (bicyclic) bond motifs is 5. The third-order valence-electron chi connectivity index (χ3n) is 4.96. The summed E-state index contributed by atoms with van der Waals surface area (Å²) in [7, 11) is 0. The van der Waals surface area contributed by atoms with Gasteiger partial charge >= 0.3 is 5.97 Å². The van der Waals surface area contributed by atoms with Crippen LogP contribution in [0.5, 0.6) is 5.75 Å². The highest BCUT2D eigenvalue weighted by Gasteiger charge is 2.33. The predicted molar refractivity (Wildman–Crippen MR) is 88.9 cm³/mol. The molecule has 5 nitrogen and oxygen atoms in total. The van der Waals surface area contributed by atoms with Crippen molar-refractivity contribution < 1.29 is 14.3 Å². The zero-order valence-corrected chi connectivity index (χ0v) is 13.5. The number of carbonyl (C=O) groups excluding carboxylic acids is 1. The molecule has 122 valence electrons. The quantitative estimate of drug-likeness (QED) is 0.788. The Balaban J connectivity index is 1.65. The summed E-state index contributed by atoms with van der Waals surface area (Å²) >= 11 is 0. The highest BCUT2D eigenvalue weighted by Crippen LogP contribution is 2.46. The van der Waals surface area contributed by atoms with E-state index in [2.05, 4.69) is 22.0 Å². The summed E-state index contributed by atoms with van der Waals surface area (Å²) in [5, 5.41) is 0. The fraction of sp³-hybridized carbons (Fsp3) is 0.556. The molecule has 2 unspecified atom stereocenters. The lowest BCUT2D eigenvalue weighted by Crippen LogP contribution is -2.46. The Morgan fingerprint density at radius 3 is 3.22 bits per heavy atom. The predicted octanol–water partition coefficient (Wildman–Crippen LogP) is 2.88. The molecule has 4 rings (SSSR count). The van der Waals surface area contributed by atoms with E-state index in [0.29, 0.717) is 19.1 Å². The monoisotopic (exact) mass is 314 g/mol. The van der Waals surface area contributed by atoms with Crippen molar-refractivity contribution in [3.63, 3.8) is 0 Å². The number of esters is 1. The summed E-state index contributed by atoms with van der Waals surface area (Å²) < 4.78 is 11.2. The molecule has 3 aliphatic heterocycles. The number of nitrogens with zero attached hydrogens (tertiary/aromatic N) is 2. The van der Waals surface area contributed by atoms with E-state index in [0.717, 1.165) is 35.8 Å². The maximum absolute atomic E-state index is 11.9. The fourth-order valence-electron chi connectivity index (χ4n) is 3.79. The van der Waals surface area contributed by atoms with Crippen molar-refractivity contribution in [2.45, 2.75) is 38.6 Å². The second kappa shape index (κ2) is 5.87. The van der Waals surface area contributed by atoms with E-state index in [1.165, 1.54) is 19.3 Å². The number of carbonyl (C=O) groups is 1. The maximum Gasteiger partial charge on any atom is 0.314 e. The lowest BCUT2D eigenvalue weighted by Gasteiger charge is -2.42. The third-order valence-corrected chi connectivity index (χ3v) is 4.96. The minimum atomic E-state index is -0.285. The van der Waals surface area contributed by atoms with Crippen LogP contribution in [0.25, 0.3) is 0 Å². The van der Waals surface area contributed by atoms with Gasteiger partial charge in [-0.2, -0.15) is 0 Å². The minimum Gasteiger partial charge on any atom is -0.487 e. The van der Waals surface area contributed by atoms with E-state index in [1.54, 1.807) is 6.21 Å². The van der Waals surface area contributed by atoms with Gasteiger partial charge in [0.05, 0.1) is 24.3 Å². The van der Waals surface area contributed by atoms with E-state index in [1.807, 2.05) is 6.92 Å². The normalized spacial score (nSPS) is 25.0. The molecule has 1 fully saturated rings. The van der Waals surface area contributed by atoms with Gasteiger partial charge in [-0.25, -0.2) is 0 Å². The first-order valence-electron chi connectivity index (χ1n) is 8.54. The van der Waals surface area contributed by atoms with Crippen LogP contribution in [0.1, 0.15) is 31.7 Å². The number of anilines is 1. The molecule has 1 aromatic carbocycles. The van der Waals surface area contributed by atoms with Gasteiger partial charge in [0.2, 0.25) is 0 Å². The molecule has 1 saturated heterocycles. The lowest BCUT2D eigenvalue weighted by molar-refractivity contribution is -0.145. The van der Waals surface area contributed by atoms with Crippen molar-refractivity contribution in [1.29, 1.82) is 0 Å². The standard InChI is InChI=1S/C18H22N2O3/c1-2-22-18(21)13-9-12-6-7-15-17(16(12)19-10-13)23-11-14-5-3-4-8-20(14)15/h6-7,10,13-14H,2-5,8-9,11H2,1H3. The third kappa shape index (κ3) is 2.48. The Bertz CT molecular complexity index is 656. The largest absolute Gasteiger partial charge is 0.487 e. The van der Waals surface area contributed by atoms with Crippen molar-refractivity contribution in [2.24, 2.45) is 10.9 Å². The Kier molecular flexibility index (Phi) is 3.71. The van der Waals surface area contributed by atoms with Crippen LogP contribution in [-0.4, -0.2) is 38.0 Å². The summed E-state index contributed by atoms with van der Waals surface area (Å²) in [6.45, 7) is 4.06. The molecule has 2 atom stereocenters. The Labute approximate surface area is 136 Å². The molecule has 23 heavy (non-hydrogen) atoms. The molecule has 5 heteroatoms. The molecule has 0 bridgehead atoms. The maximum atomic E-state index is 11.9. The van der Waals surface area contributed by atoms with Gasteiger partial charge in [-0.05, 0) is 44.2 Å². The van der Waals surface area contributed by atoms with Crippen LogP contribution in [0.3, 0.4) is 0 Å². The summed E-state index contributed by atoms with van der Waals surface area (Å²) in [6, 6.07) is 4.72. The average molecular weight is 314 g/mol. The van der Waals surface area contributed by atoms with Crippen molar-refractivity contribution in [1.82, 2.24) is 0 Å². The molecule has 0 spiro atoms. The number of rotatable bonds is 2. The van der Waals surface area contributed by atoms with Gasteiger partial charge in [0, 0.05) is 12.8 Å². The Morgan fingerprint density at radius 2 is 2.35 bits per heavy atom. The number of piperidine rings is 1. The van der Waals surface area contributed by atoms with Crippen LogP contribution in [0.2, 0.25) is 0 Å². The smallest absolute Gasteiger partial charge is 0.314 e.